The predicted molar refractivity (Wildman–Crippen MR) is 169 cm³/mol. The normalized spacial score (nSPS) is 16.9. The number of thiophene rings is 1. The molecule has 218 valence electrons. The van der Waals surface area contributed by atoms with Crippen LogP contribution in [0.2, 0.25) is 5.28 Å². The van der Waals surface area contributed by atoms with Crippen molar-refractivity contribution < 1.29 is 14.3 Å². The highest BCUT2D eigenvalue weighted by Gasteiger charge is 2.26. The van der Waals surface area contributed by atoms with Crippen molar-refractivity contribution in [2.75, 3.05) is 42.6 Å². The van der Waals surface area contributed by atoms with Crippen molar-refractivity contribution in [1.29, 1.82) is 0 Å². The zero-order chi connectivity index (χ0) is 29.4. The van der Waals surface area contributed by atoms with Crippen LogP contribution in [0, 0.1) is 6.92 Å². The topological polar surface area (TPSA) is 87.7 Å². The lowest BCUT2D eigenvalue weighted by molar-refractivity contribution is -0.117. The van der Waals surface area contributed by atoms with Crippen LogP contribution in [0.3, 0.4) is 0 Å². The number of ether oxygens (including phenoxy) is 1. The predicted octanol–water partition coefficient (Wildman–Crippen LogP) is 5.82. The number of nitrogens with one attached hydrogen (secondary N) is 1. The van der Waals surface area contributed by atoms with Crippen molar-refractivity contribution in [1.82, 2.24) is 15.3 Å². The van der Waals surface area contributed by atoms with Gasteiger partial charge in [0.2, 0.25) is 11.2 Å². The molecule has 1 atom stereocenters. The number of morpholine rings is 1. The number of hydrogen-bond acceptors (Lipinski definition) is 7. The van der Waals surface area contributed by atoms with Crippen molar-refractivity contribution in [2.45, 2.75) is 46.1 Å². The smallest absolute Gasteiger partial charge is 0.261 e. The summed E-state index contributed by atoms with van der Waals surface area (Å²) >= 11 is 7.69. The zero-order valence-corrected chi connectivity index (χ0v) is 25.6. The molecule has 4 heterocycles. The van der Waals surface area contributed by atoms with Gasteiger partial charge >= 0.3 is 0 Å². The Morgan fingerprint density at radius 2 is 1.83 bits per heavy atom. The van der Waals surface area contributed by atoms with E-state index in [-0.39, 0.29) is 23.1 Å². The maximum absolute atomic E-state index is 13.2. The molecular formula is C32H34ClN5O3S. The maximum atomic E-state index is 13.2. The molecule has 2 aliphatic heterocycles. The second kappa shape index (κ2) is 12.0. The fourth-order valence-electron chi connectivity index (χ4n) is 5.93. The standard InChI is InChI=1S/C32H34ClN5O3S/c1-19-4-7-25-18-24(10-11-26(25)38(19)21(3)39)23-8-5-22(6-9-23)12-13-34-31(40)28-20(2)27-29(42-28)30(36-32(33)35-27)37-14-16-41-17-15-37/h5-6,8-11,18-19H,4,7,12-17H2,1-3H3,(H,34,40)/t19-/m0/s1. The molecule has 2 aliphatic rings. The highest BCUT2D eigenvalue weighted by atomic mass is 35.5. The minimum absolute atomic E-state index is 0.0889. The summed E-state index contributed by atoms with van der Waals surface area (Å²) in [5.41, 5.74) is 7.22. The van der Waals surface area contributed by atoms with E-state index in [1.165, 1.54) is 16.9 Å². The second-order valence-corrected chi connectivity index (χ2v) is 12.3. The number of nitrogens with zero attached hydrogens (tertiary/aromatic N) is 4. The number of amides is 2. The molecule has 1 fully saturated rings. The number of aryl methyl sites for hydroxylation is 2. The number of aromatic nitrogens is 2. The van der Waals surface area contributed by atoms with Gasteiger partial charge < -0.3 is 19.9 Å². The van der Waals surface area contributed by atoms with Crippen LogP contribution in [0.25, 0.3) is 21.3 Å². The molecule has 2 amide bonds. The van der Waals surface area contributed by atoms with Crippen LogP contribution < -0.4 is 15.1 Å². The molecule has 4 aromatic rings. The molecule has 0 unspecified atom stereocenters. The Kier molecular flexibility index (Phi) is 8.16. The number of hydrogen-bond donors (Lipinski definition) is 1. The van der Waals surface area contributed by atoms with E-state index in [1.54, 1.807) is 6.92 Å². The van der Waals surface area contributed by atoms with Gasteiger partial charge in [0, 0.05) is 38.3 Å². The summed E-state index contributed by atoms with van der Waals surface area (Å²) in [5.74, 6) is 0.746. The minimum atomic E-state index is -0.112. The number of halogens is 1. The third kappa shape index (κ3) is 5.61. The monoisotopic (exact) mass is 603 g/mol. The first-order chi connectivity index (χ1) is 20.3. The van der Waals surface area contributed by atoms with Crippen LogP contribution in [0.5, 0.6) is 0 Å². The third-order valence-corrected chi connectivity index (χ3v) is 9.62. The molecule has 0 radical (unpaired) electrons. The first-order valence-corrected chi connectivity index (χ1v) is 15.6. The lowest BCUT2D eigenvalue weighted by Crippen LogP contribution is -2.40. The van der Waals surface area contributed by atoms with Crippen molar-refractivity contribution in [3.8, 4) is 11.1 Å². The largest absolute Gasteiger partial charge is 0.378 e. The highest BCUT2D eigenvalue weighted by molar-refractivity contribution is 7.21. The maximum Gasteiger partial charge on any atom is 0.261 e. The van der Waals surface area contributed by atoms with Crippen LogP contribution in [-0.4, -0.2) is 60.7 Å². The summed E-state index contributed by atoms with van der Waals surface area (Å²) in [6.45, 7) is 8.90. The number of anilines is 2. The molecule has 6 rings (SSSR count). The van der Waals surface area contributed by atoms with Crippen LogP contribution in [0.15, 0.2) is 42.5 Å². The van der Waals surface area contributed by atoms with Gasteiger partial charge in [0.15, 0.2) is 5.82 Å². The van der Waals surface area contributed by atoms with E-state index in [2.05, 4.69) is 69.6 Å². The van der Waals surface area contributed by atoms with Crippen LogP contribution >= 0.6 is 22.9 Å². The Labute approximate surface area is 254 Å². The lowest BCUT2D eigenvalue weighted by Gasteiger charge is -2.34. The Morgan fingerprint density at radius 1 is 1.10 bits per heavy atom. The van der Waals surface area contributed by atoms with Crippen molar-refractivity contribution >= 4 is 56.5 Å². The van der Waals surface area contributed by atoms with Crippen molar-refractivity contribution in [2.24, 2.45) is 0 Å². The van der Waals surface area contributed by atoms with E-state index in [1.807, 2.05) is 11.8 Å². The molecule has 10 heteroatoms. The van der Waals surface area contributed by atoms with E-state index in [0.717, 1.165) is 76.3 Å². The number of carbonyl (C=O) groups excluding carboxylic acids is 2. The highest BCUT2D eigenvalue weighted by Crippen LogP contribution is 2.37. The van der Waals surface area contributed by atoms with Crippen LogP contribution in [-0.2, 0) is 22.4 Å². The molecular weight excluding hydrogens is 570 g/mol. The Balaban J connectivity index is 1.11. The first kappa shape index (κ1) is 28.6. The molecule has 1 saturated heterocycles. The number of rotatable bonds is 6. The summed E-state index contributed by atoms with van der Waals surface area (Å²) in [6.07, 6.45) is 2.66. The Bertz CT molecular complexity index is 1650. The number of fused-ring (bicyclic) bond motifs is 2. The minimum Gasteiger partial charge on any atom is -0.378 e. The van der Waals surface area contributed by atoms with E-state index < -0.39 is 0 Å². The average Bonchev–Trinajstić information content (AvgIpc) is 3.33. The van der Waals surface area contributed by atoms with E-state index in [4.69, 9.17) is 16.3 Å². The fourth-order valence-corrected chi connectivity index (χ4v) is 7.27. The van der Waals surface area contributed by atoms with Crippen molar-refractivity contribution in [3.63, 3.8) is 0 Å². The second-order valence-electron chi connectivity index (χ2n) is 11.0. The average molecular weight is 604 g/mol. The summed E-state index contributed by atoms with van der Waals surface area (Å²) in [7, 11) is 0. The van der Waals surface area contributed by atoms with Gasteiger partial charge in [-0.15, -0.1) is 11.3 Å². The van der Waals surface area contributed by atoms with E-state index in [9.17, 15) is 9.59 Å². The zero-order valence-electron chi connectivity index (χ0n) is 24.1. The van der Waals surface area contributed by atoms with E-state index in [0.29, 0.717) is 24.6 Å². The Hall–Kier alpha value is -3.53. The fraction of sp³-hybridized carbons (Fsp3) is 0.375. The lowest BCUT2D eigenvalue weighted by atomic mass is 9.93. The van der Waals surface area contributed by atoms with Crippen LogP contribution in [0.1, 0.15) is 46.6 Å². The SMILES string of the molecule is CC(=O)N1c2ccc(-c3ccc(CCNC(=O)c4sc5c(N6CCOCC6)nc(Cl)nc5c4C)cc3)cc2CC[C@@H]1C. The van der Waals surface area contributed by atoms with Crippen LogP contribution in [0.4, 0.5) is 11.5 Å². The molecule has 0 saturated carbocycles. The van der Waals surface area contributed by atoms with Crippen molar-refractivity contribution in [3.05, 3.63) is 69.3 Å². The summed E-state index contributed by atoms with van der Waals surface area (Å²) < 4.78 is 6.36. The Morgan fingerprint density at radius 3 is 2.57 bits per heavy atom. The van der Waals surface area contributed by atoms with Gasteiger partial charge in [-0.3, -0.25) is 9.59 Å². The molecule has 0 aliphatic carbocycles. The van der Waals surface area contributed by atoms with Gasteiger partial charge in [-0.1, -0.05) is 30.3 Å². The molecule has 2 aromatic heterocycles. The van der Waals surface area contributed by atoms with Gasteiger partial charge in [-0.25, -0.2) is 4.98 Å². The third-order valence-electron chi connectivity index (χ3n) is 8.17. The summed E-state index contributed by atoms with van der Waals surface area (Å²) in [5, 5.41) is 3.27. The molecule has 0 spiro atoms. The first-order valence-electron chi connectivity index (χ1n) is 14.4. The van der Waals surface area contributed by atoms with Gasteiger partial charge in [0.05, 0.1) is 28.3 Å². The summed E-state index contributed by atoms with van der Waals surface area (Å²) in [6, 6.07) is 15.1. The number of carbonyl (C=O) groups is 2. The molecule has 42 heavy (non-hydrogen) atoms. The molecule has 1 N–H and O–H groups in total. The quantitative estimate of drug-likeness (QED) is 0.280. The van der Waals surface area contributed by atoms with Gasteiger partial charge in [0.25, 0.3) is 5.91 Å². The molecule has 2 aromatic carbocycles. The van der Waals surface area contributed by atoms with E-state index >= 15 is 0 Å². The van der Waals surface area contributed by atoms with Gasteiger partial charge in [-0.05, 0) is 84.7 Å². The molecule has 0 bridgehead atoms. The molecule has 8 nitrogen and oxygen atoms in total. The van der Waals surface area contributed by atoms with Gasteiger partial charge in [-0.2, -0.15) is 4.98 Å². The summed E-state index contributed by atoms with van der Waals surface area (Å²) in [4.78, 5) is 39.0. The number of benzene rings is 2. The van der Waals surface area contributed by atoms with Gasteiger partial charge in [0.1, 0.15) is 0 Å².